The van der Waals surface area contributed by atoms with Gasteiger partial charge in [0.05, 0.1) is 5.69 Å². The van der Waals surface area contributed by atoms with Crippen LogP contribution < -0.4 is 0 Å². The van der Waals surface area contributed by atoms with Crippen LogP contribution in [0.3, 0.4) is 0 Å². The number of fused-ring (bicyclic) bond motifs is 1. The van der Waals surface area contributed by atoms with E-state index in [2.05, 4.69) is 60.0 Å². The molecule has 0 aliphatic heterocycles. The summed E-state index contributed by atoms with van der Waals surface area (Å²) in [7, 11) is 0. The highest BCUT2D eigenvalue weighted by Gasteiger charge is 2.20. The van der Waals surface area contributed by atoms with Gasteiger partial charge in [-0.2, -0.15) is 0 Å². The summed E-state index contributed by atoms with van der Waals surface area (Å²) in [4.78, 5) is 4.85. The SMILES string of the molecule is Cc1ccccc1-n1c(-c2ccccc2)nc(=S)c2c1CCCC2. The van der Waals surface area contributed by atoms with Crippen molar-refractivity contribution in [3.63, 3.8) is 0 Å². The molecule has 3 heteroatoms. The van der Waals surface area contributed by atoms with Crippen LogP contribution in [0.2, 0.25) is 0 Å². The first kappa shape index (κ1) is 15.3. The molecule has 0 N–H and O–H groups in total. The average molecular weight is 332 g/mol. The molecular weight excluding hydrogens is 312 g/mol. The molecule has 0 saturated carbocycles. The Morgan fingerprint density at radius 2 is 1.62 bits per heavy atom. The molecule has 1 heterocycles. The highest BCUT2D eigenvalue weighted by atomic mass is 32.1. The lowest BCUT2D eigenvalue weighted by molar-refractivity contribution is 0.641. The van der Waals surface area contributed by atoms with Crippen molar-refractivity contribution >= 4 is 12.2 Å². The fourth-order valence-corrected chi connectivity index (χ4v) is 3.87. The van der Waals surface area contributed by atoms with Crippen LogP contribution in [0, 0.1) is 11.6 Å². The number of hydrogen-bond donors (Lipinski definition) is 0. The second-order valence-corrected chi connectivity index (χ2v) is 6.75. The smallest absolute Gasteiger partial charge is 0.146 e. The van der Waals surface area contributed by atoms with Gasteiger partial charge in [0, 0.05) is 16.8 Å². The molecule has 0 amide bonds. The van der Waals surface area contributed by atoms with Crippen LogP contribution in [0.4, 0.5) is 0 Å². The van der Waals surface area contributed by atoms with Crippen LogP contribution in [-0.2, 0) is 12.8 Å². The molecule has 0 saturated heterocycles. The van der Waals surface area contributed by atoms with Gasteiger partial charge < -0.3 is 0 Å². The average Bonchev–Trinajstić information content (AvgIpc) is 2.63. The third-order valence-corrected chi connectivity index (χ3v) is 5.11. The zero-order valence-corrected chi connectivity index (χ0v) is 14.6. The minimum atomic E-state index is 0.772. The lowest BCUT2D eigenvalue weighted by Gasteiger charge is -2.25. The number of aromatic nitrogens is 2. The van der Waals surface area contributed by atoms with Crippen molar-refractivity contribution in [1.82, 2.24) is 9.55 Å². The molecule has 24 heavy (non-hydrogen) atoms. The van der Waals surface area contributed by atoms with E-state index in [1.807, 2.05) is 6.07 Å². The molecule has 0 spiro atoms. The number of rotatable bonds is 2. The number of benzene rings is 2. The van der Waals surface area contributed by atoms with Gasteiger partial charge in [-0.15, -0.1) is 0 Å². The largest absolute Gasteiger partial charge is 0.298 e. The molecule has 1 aliphatic carbocycles. The van der Waals surface area contributed by atoms with Crippen LogP contribution >= 0.6 is 12.2 Å². The Morgan fingerprint density at radius 1 is 0.917 bits per heavy atom. The van der Waals surface area contributed by atoms with E-state index >= 15 is 0 Å². The molecular formula is C21H20N2S. The van der Waals surface area contributed by atoms with Crippen molar-refractivity contribution in [2.75, 3.05) is 0 Å². The molecule has 2 nitrogen and oxygen atoms in total. The molecule has 0 fully saturated rings. The van der Waals surface area contributed by atoms with Crippen molar-refractivity contribution in [2.45, 2.75) is 32.6 Å². The van der Waals surface area contributed by atoms with Gasteiger partial charge in [0.15, 0.2) is 0 Å². The molecule has 2 aromatic carbocycles. The summed E-state index contributed by atoms with van der Waals surface area (Å²) >= 11 is 5.64. The second kappa shape index (κ2) is 6.33. The highest BCUT2D eigenvalue weighted by Crippen LogP contribution is 2.31. The Hall–Kier alpha value is -2.26. The summed E-state index contributed by atoms with van der Waals surface area (Å²) in [6, 6.07) is 18.9. The van der Waals surface area contributed by atoms with E-state index in [1.54, 1.807) is 0 Å². The molecule has 0 atom stereocenters. The topological polar surface area (TPSA) is 17.8 Å². The Kier molecular flexibility index (Phi) is 4.03. The second-order valence-electron chi connectivity index (χ2n) is 6.36. The third-order valence-electron chi connectivity index (χ3n) is 4.77. The van der Waals surface area contributed by atoms with Crippen molar-refractivity contribution in [2.24, 2.45) is 0 Å². The Labute approximate surface area is 147 Å². The van der Waals surface area contributed by atoms with Gasteiger partial charge in [-0.1, -0.05) is 60.7 Å². The van der Waals surface area contributed by atoms with E-state index in [9.17, 15) is 0 Å². The lowest BCUT2D eigenvalue weighted by Crippen LogP contribution is -2.17. The van der Waals surface area contributed by atoms with E-state index in [0.717, 1.165) is 28.9 Å². The van der Waals surface area contributed by atoms with Gasteiger partial charge in [0.2, 0.25) is 0 Å². The van der Waals surface area contributed by atoms with Crippen molar-refractivity contribution < 1.29 is 0 Å². The molecule has 120 valence electrons. The molecule has 3 aromatic rings. The molecule has 0 unspecified atom stereocenters. The van der Waals surface area contributed by atoms with E-state index in [-0.39, 0.29) is 0 Å². The summed E-state index contributed by atoms with van der Waals surface area (Å²) in [6.07, 6.45) is 4.53. The van der Waals surface area contributed by atoms with Gasteiger partial charge in [-0.3, -0.25) is 4.57 Å². The fraction of sp³-hybridized carbons (Fsp3) is 0.238. The van der Waals surface area contributed by atoms with Crippen LogP contribution in [0.15, 0.2) is 54.6 Å². The predicted octanol–water partition coefficient (Wildman–Crippen LogP) is 5.46. The van der Waals surface area contributed by atoms with E-state index in [4.69, 9.17) is 17.2 Å². The van der Waals surface area contributed by atoms with Gasteiger partial charge in [-0.05, 0) is 44.2 Å². The Morgan fingerprint density at radius 3 is 2.42 bits per heavy atom. The molecule has 0 radical (unpaired) electrons. The first-order valence-electron chi connectivity index (χ1n) is 8.52. The van der Waals surface area contributed by atoms with Crippen LogP contribution in [0.5, 0.6) is 0 Å². The number of para-hydroxylation sites is 1. The Balaban J connectivity index is 2.09. The lowest BCUT2D eigenvalue weighted by atomic mass is 9.96. The summed E-state index contributed by atoms with van der Waals surface area (Å²) in [6.45, 7) is 2.16. The molecule has 0 bridgehead atoms. The van der Waals surface area contributed by atoms with Crippen LogP contribution in [-0.4, -0.2) is 9.55 Å². The summed E-state index contributed by atoms with van der Waals surface area (Å²) in [5.41, 5.74) is 6.18. The highest BCUT2D eigenvalue weighted by molar-refractivity contribution is 7.71. The zero-order valence-electron chi connectivity index (χ0n) is 13.8. The summed E-state index contributed by atoms with van der Waals surface area (Å²) in [5.74, 6) is 0.954. The minimum Gasteiger partial charge on any atom is -0.298 e. The normalized spacial score (nSPS) is 13.5. The van der Waals surface area contributed by atoms with Crippen molar-refractivity contribution in [3.05, 3.63) is 76.1 Å². The van der Waals surface area contributed by atoms with Gasteiger partial charge in [0.25, 0.3) is 0 Å². The monoisotopic (exact) mass is 332 g/mol. The fourth-order valence-electron chi connectivity index (χ4n) is 3.56. The maximum absolute atomic E-state index is 5.64. The van der Waals surface area contributed by atoms with Gasteiger partial charge in [0.1, 0.15) is 10.5 Å². The summed E-state index contributed by atoms with van der Waals surface area (Å²) < 4.78 is 3.11. The Bertz CT molecular complexity index is 942. The van der Waals surface area contributed by atoms with Crippen molar-refractivity contribution in [3.8, 4) is 17.1 Å². The van der Waals surface area contributed by atoms with E-state index < -0.39 is 0 Å². The van der Waals surface area contributed by atoms with Crippen molar-refractivity contribution in [1.29, 1.82) is 0 Å². The maximum atomic E-state index is 5.64. The van der Waals surface area contributed by atoms with Crippen LogP contribution in [0.25, 0.3) is 17.1 Å². The third kappa shape index (κ3) is 2.59. The standard InChI is InChI=1S/C21H20N2S/c1-15-9-5-7-13-18(15)23-19-14-8-6-12-17(19)21(24)22-20(23)16-10-3-2-4-11-16/h2-5,7,9-11,13H,6,8,12,14H2,1H3. The zero-order chi connectivity index (χ0) is 16.5. The molecule has 1 aliphatic rings. The number of hydrogen-bond acceptors (Lipinski definition) is 2. The first-order valence-corrected chi connectivity index (χ1v) is 8.93. The predicted molar refractivity (Wildman–Crippen MR) is 101 cm³/mol. The number of aryl methyl sites for hydroxylation is 1. The van der Waals surface area contributed by atoms with Gasteiger partial charge in [-0.25, -0.2) is 4.98 Å². The quantitative estimate of drug-likeness (QED) is 0.580. The number of nitrogens with zero attached hydrogens (tertiary/aromatic N) is 2. The summed E-state index contributed by atoms with van der Waals surface area (Å²) in [5, 5.41) is 0. The first-order chi connectivity index (χ1) is 11.8. The minimum absolute atomic E-state index is 0.772. The van der Waals surface area contributed by atoms with Crippen LogP contribution in [0.1, 0.15) is 29.7 Å². The van der Waals surface area contributed by atoms with Gasteiger partial charge >= 0.3 is 0 Å². The molecule has 1 aromatic heterocycles. The van der Waals surface area contributed by atoms with E-state index in [1.165, 1.54) is 35.3 Å². The maximum Gasteiger partial charge on any atom is 0.146 e. The molecule has 4 rings (SSSR count). The van der Waals surface area contributed by atoms with E-state index in [0.29, 0.717) is 0 Å².